The minimum absolute atomic E-state index is 0.0476. The van der Waals surface area contributed by atoms with E-state index in [0.717, 1.165) is 0 Å². The van der Waals surface area contributed by atoms with Crippen molar-refractivity contribution in [2.24, 2.45) is 11.8 Å². The van der Waals surface area contributed by atoms with Crippen molar-refractivity contribution in [2.75, 3.05) is 19.7 Å². The number of benzene rings is 1. The maximum absolute atomic E-state index is 14.3. The van der Waals surface area contributed by atoms with E-state index >= 15 is 0 Å². The molecule has 11 heteroatoms. The first-order chi connectivity index (χ1) is 21.1. The molecule has 240 valence electrons. The summed E-state index contributed by atoms with van der Waals surface area (Å²) in [6.07, 6.45) is 3.32. The summed E-state index contributed by atoms with van der Waals surface area (Å²) in [6, 6.07) is 7.25. The largest absolute Gasteiger partial charge is 0.455 e. The van der Waals surface area contributed by atoms with Crippen LogP contribution in [-0.4, -0.2) is 93.0 Å². The van der Waals surface area contributed by atoms with Crippen molar-refractivity contribution < 1.29 is 33.8 Å². The van der Waals surface area contributed by atoms with Gasteiger partial charge in [0.25, 0.3) is 0 Å². The van der Waals surface area contributed by atoms with Gasteiger partial charge in [0.2, 0.25) is 17.7 Å². The highest BCUT2D eigenvalue weighted by molar-refractivity contribution is 9.09. The molecule has 3 heterocycles. The highest BCUT2D eigenvalue weighted by Gasteiger charge is 2.77. The maximum Gasteiger partial charge on any atom is 0.313 e. The summed E-state index contributed by atoms with van der Waals surface area (Å²) in [5.74, 6) is -3.50. The fourth-order valence-corrected chi connectivity index (χ4v) is 7.86. The number of aliphatic hydroxyl groups is 1. The van der Waals surface area contributed by atoms with Gasteiger partial charge in [-0.25, -0.2) is 0 Å². The van der Waals surface area contributed by atoms with Gasteiger partial charge < -0.3 is 29.7 Å². The summed E-state index contributed by atoms with van der Waals surface area (Å²) >= 11 is 3.69. The third kappa shape index (κ3) is 6.23. The highest BCUT2D eigenvalue weighted by Crippen LogP contribution is 2.61. The molecule has 3 aliphatic rings. The Kier molecular flexibility index (Phi) is 11.1. The lowest BCUT2D eigenvalue weighted by Gasteiger charge is -2.40. The van der Waals surface area contributed by atoms with Gasteiger partial charge in [0, 0.05) is 23.8 Å². The van der Waals surface area contributed by atoms with Crippen LogP contribution < -0.4 is 5.32 Å². The number of hydrogen-bond donors (Lipinski definition) is 2. The molecule has 3 fully saturated rings. The standard InChI is InChI=1S/C33H44BrN3O7/c1-6-9-15-25(39)35-18-24(21-13-11-10-12-14-21)43-32(42)26-27-30(40)37(22(8-3)19-38)29(31(41)36(16-7-2)20(4)5)33(27)17-23(34)28(26)44-33/h6-7,10-14,20,22-24,26-29,38H,1-2,8-9,15-19H2,3-5H3,(H,35,39)/t22-,23?,24-,26+,27-,28+,29+,33-/m0/s1. The average Bonchev–Trinajstić information content (AvgIpc) is 3.61. The molecule has 1 aromatic carbocycles. The number of likely N-dealkylation sites (tertiary alicyclic amines) is 1. The van der Waals surface area contributed by atoms with Gasteiger partial charge in [-0.3, -0.25) is 19.2 Å². The number of allylic oxidation sites excluding steroid dienone is 1. The molecule has 44 heavy (non-hydrogen) atoms. The van der Waals surface area contributed by atoms with Gasteiger partial charge in [-0.1, -0.05) is 65.3 Å². The average molecular weight is 675 g/mol. The minimum Gasteiger partial charge on any atom is -0.455 e. The molecular weight excluding hydrogens is 630 g/mol. The van der Waals surface area contributed by atoms with Crippen LogP contribution in [0.5, 0.6) is 0 Å². The molecule has 2 bridgehead atoms. The molecule has 2 N–H and O–H groups in total. The number of carbonyl (C=O) groups is 4. The predicted molar refractivity (Wildman–Crippen MR) is 168 cm³/mol. The van der Waals surface area contributed by atoms with Crippen molar-refractivity contribution in [1.82, 2.24) is 15.1 Å². The van der Waals surface area contributed by atoms with E-state index in [0.29, 0.717) is 24.8 Å². The Bertz CT molecular complexity index is 1240. The Morgan fingerprint density at radius 1 is 1.25 bits per heavy atom. The molecule has 0 radical (unpaired) electrons. The van der Waals surface area contributed by atoms with Crippen molar-refractivity contribution in [3.63, 3.8) is 0 Å². The Balaban J connectivity index is 1.69. The van der Waals surface area contributed by atoms with Gasteiger partial charge >= 0.3 is 5.97 Å². The third-order valence-corrected chi connectivity index (χ3v) is 9.88. The van der Waals surface area contributed by atoms with Gasteiger partial charge in [-0.2, -0.15) is 0 Å². The number of rotatable bonds is 15. The van der Waals surface area contributed by atoms with Crippen molar-refractivity contribution in [1.29, 1.82) is 0 Å². The van der Waals surface area contributed by atoms with E-state index in [1.54, 1.807) is 17.1 Å². The molecule has 3 aliphatic heterocycles. The topological polar surface area (TPSA) is 125 Å². The zero-order valence-electron chi connectivity index (χ0n) is 25.7. The number of ether oxygens (including phenoxy) is 2. The van der Waals surface area contributed by atoms with Crippen molar-refractivity contribution >= 4 is 39.6 Å². The van der Waals surface area contributed by atoms with Crippen LogP contribution in [0.3, 0.4) is 0 Å². The second-order valence-corrected chi connectivity index (χ2v) is 13.2. The molecular formula is C33H44BrN3O7. The number of fused-ring (bicyclic) bond motifs is 1. The van der Waals surface area contributed by atoms with E-state index < -0.39 is 53.6 Å². The van der Waals surface area contributed by atoms with E-state index in [9.17, 15) is 24.3 Å². The van der Waals surface area contributed by atoms with E-state index in [-0.39, 0.29) is 48.8 Å². The molecule has 1 unspecified atom stereocenters. The van der Waals surface area contributed by atoms with Crippen LogP contribution in [0.25, 0.3) is 0 Å². The monoisotopic (exact) mass is 673 g/mol. The van der Waals surface area contributed by atoms with Gasteiger partial charge in [-0.15, -0.1) is 13.2 Å². The van der Waals surface area contributed by atoms with Gasteiger partial charge in [0.15, 0.2) is 0 Å². The number of halogens is 1. The van der Waals surface area contributed by atoms with Crippen LogP contribution in [0, 0.1) is 11.8 Å². The smallest absolute Gasteiger partial charge is 0.313 e. The zero-order chi connectivity index (χ0) is 32.2. The van der Waals surface area contributed by atoms with Gasteiger partial charge in [0.05, 0.1) is 37.1 Å². The van der Waals surface area contributed by atoms with Crippen LogP contribution in [0.15, 0.2) is 55.6 Å². The summed E-state index contributed by atoms with van der Waals surface area (Å²) in [4.78, 5) is 58.0. The summed E-state index contributed by atoms with van der Waals surface area (Å²) in [5.41, 5.74) is -0.593. The summed E-state index contributed by atoms with van der Waals surface area (Å²) < 4.78 is 12.7. The number of aliphatic hydroxyl groups excluding tert-OH is 1. The van der Waals surface area contributed by atoms with E-state index in [2.05, 4.69) is 34.4 Å². The number of amides is 3. The molecule has 1 spiro atoms. The lowest BCUT2D eigenvalue weighted by Crippen LogP contribution is -2.59. The molecule has 0 saturated carbocycles. The van der Waals surface area contributed by atoms with Crippen molar-refractivity contribution in [3.05, 3.63) is 61.2 Å². The number of alkyl halides is 1. The fourth-order valence-electron chi connectivity index (χ4n) is 6.92. The highest BCUT2D eigenvalue weighted by atomic mass is 79.9. The van der Waals surface area contributed by atoms with Crippen molar-refractivity contribution in [2.45, 2.75) is 87.2 Å². The van der Waals surface area contributed by atoms with Gasteiger partial charge in [0.1, 0.15) is 17.7 Å². The number of nitrogens with zero attached hydrogens (tertiary/aromatic N) is 2. The van der Waals surface area contributed by atoms with Crippen LogP contribution in [0.2, 0.25) is 0 Å². The third-order valence-electron chi connectivity index (χ3n) is 9.03. The lowest BCUT2D eigenvalue weighted by molar-refractivity contribution is -0.161. The number of esters is 1. The molecule has 0 aliphatic carbocycles. The summed E-state index contributed by atoms with van der Waals surface area (Å²) in [7, 11) is 0. The van der Waals surface area contributed by atoms with Crippen molar-refractivity contribution in [3.8, 4) is 0 Å². The normalized spacial score (nSPS) is 28.4. The molecule has 3 saturated heterocycles. The first kappa shape index (κ1) is 33.9. The quantitative estimate of drug-likeness (QED) is 0.166. The number of nitrogens with one attached hydrogen (secondary N) is 1. The lowest BCUT2D eigenvalue weighted by atomic mass is 9.70. The number of hydrogen-bond acceptors (Lipinski definition) is 7. The van der Waals surface area contributed by atoms with Crippen LogP contribution >= 0.6 is 15.9 Å². The summed E-state index contributed by atoms with van der Waals surface area (Å²) in [6.45, 7) is 13.1. The first-order valence-corrected chi connectivity index (χ1v) is 16.3. The Morgan fingerprint density at radius 3 is 2.55 bits per heavy atom. The molecule has 0 aromatic heterocycles. The van der Waals surface area contributed by atoms with Gasteiger partial charge in [-0.05, 0) is 38.7 Å². The van der Waals surface area contributed by atoms with E-state index in [1.165, 1.54) is 4.90 Å². The number of carbonyl (C=O) groups excluding carboxylic acids is 4. The van der Waals surface area contributed by atoms with Crippen LogP contribution in [0.1, 0.15) is 58.1 Å². The SMILES string of the molecule is C=CCCC(=O)NC[C@H](OC(=O)[C@H]1[C@@H]2O[C@@]3(CC2Br)[C@@H]1C(=O)N([C@@H](CC)CO)[C@@H]3C(=O)N(CC=C)C(C)C)c1ccccc1. The van der Waals surface area contributed by atoms with E-state index in [1.807, 2.05) is 51.1 Å². The fraction of sp³-hybridized carbons (Fsp3) is 0.576. The van der Waals surface area contributed by atoms with Crippen LogP contribution in [0.4, 0.5) is 0 Å². The molecule has 3 amide bonds. The minimum atomic E-state index is -1.28. The zero-order valence-corrected chi connectivity index (χ0v) is 27.3. The second-order valence-electron chi connectivity index (χ2n) is 12.0. The second kappa shape index (κ2) is 14.4. The first-order valence-electron chi connectivity index (χ1n) is 15.3. The molecule has 10 nitrogen and oxygen atoms in total. The Morgan fingerprint density at radius 2 is 1.95 bits per heavy atom. The van der Waals surface area contributed by atoms with Crippen LogP contribution in [-0.2, 0) is 28.7 Å². The molecule has 1 aromatic rings. The Hall–Kier alpha value is -3.02. The van der Waals surface area contributed by atoms with E-state index in [4.69, 9.17) is 9.47 Å². The molecule has 8 atom stereocenters. The summed E-state index contributed by atoms with van der Waals surface area (Å²) in [5, 5.41) is 13.1. The molecule has 4 rings (SSSR count). The predicted octanol–water partition coefficient (Wildman–Crippen LogP) is 3.30. The maximum atomic E-state index is 14.3. The Labute approximate surface area is 267 Å².